The SMILES string of the molecule is CC(C)[C@H]1N[C@@]2(C(=O)Nc3c(Cl)cccc32)[C@@H]2C(=O)N(C(C)(C)C)C(=O)[C@H]12. The number of amides is 3. The first-order valence-corrected chi connectivity index (χ1v) is 9.65. The molecule has 3 amide bonds. The van der Waals surface area contributed by atoms with Crippen molar-refractivity contribution in [2.45, 2.75) is 51.7 Å². The lowest BCUT2D eigenvalue weighted by Crippen LogP contribution is -2.56. The fourth-order valence-corrected chi connectivity index (χ4v) is 5.18. The number of halogens is 1. The van der Waals surface area contributed by atoms with E-state index >= 15 is 0 Å². The van der Waals surface area contributed by atoms with E-state index in [-0.39, 0.29) is 29.7 Å². The van der Waals surface area contributed by atoms with Crippen molar-refractivity contribution in [3.63, 3.8) is 0 Å². The average Bonchev–Trinajstić information content (AvgIpc) is 3.13. The first-order chi connectivity index (χ1) is 12.5. The Labute approximate surface area is 163 Å². The molecule has 1 aromatic rings. The summed E-state index contributed by atoms with van der Waals surface area (Å²) in [5, 5.41) is 6.66. The van der Waals surface area contributed by atoms with Crippen LogP contribution in [0.1, 0.15) is 40.2 Å². The van der Waals surface area contributed by atoms with Gasteiger partial charge in [-0.3, -0.25) is 24.6 Å². The summed E-state index contributed by atoms with van der Waals surface area (Å²) >= 11 is 6.30. The molecule has 0 radical (unpaired) electrons. The van der Waals surface area contributed by atoms with E-state index in [1.165, 1.54) is 4.90 Å². The van der Waals surface area contributed by atoms with E-state index in [1.54, 1.807) is 12.1 Å². The first-order valence-electron chi connectivity index (χ1n) is 9.28. The van der Waals surface area contributed by atoms with E-state index in [0.717, 1.165) is 0 Å². The fraction of sp³-hybridized carbons (Fsp3) is 0.550. The second-order valence-electron chi connectivity index (χ2n) is 9.02. The van der Waals surface area contributed by atoms with E-state index in [2.05, 4.69) is 10.6 Å². The van der Waals surface area contributed by atoms with Gasteiger partial charge in [0.15, 0.2) is 0 Å². The summed E-state index contributed by atoms with van der Waals surface area (Å²) < 4.78 is 0. The molecular formula is C20H24ClN3O3. The van der Waals surface area contributed by atoms with Crippen LogP contribution in [0.25, 0.3) is 0 Å². The van der Waals surface area contributed by atoms with Gasteiger partial charge in [-0.2, -0.15) is 0 Å². The van der Waals surface area contributed by atoms with Gasteiger partial charge in [-0.05, 0) is 32.8 Å². The van der Waals surface area contributed by atoms with Crippen LogP contribution in [0, 0.1) is 17.8 Å². The minimum atomic E-state index is -1.27. The van der Waals surface area contributed by atoms with Crippen LogP contribution >= 0.6 is 11.6 Å². The van der Waals surface area contributed by atoms with Crippen molar-refractivity contribution in [1.82, 2.24) is 10.2 Å². The fourth-order valence-electron chi connectivity index (χ4n) is 4.96. The Bertz CT molecular complexity index is 876. The van der Waals surface area contributed by atoms with Crippen LogP contribution in [-0.2, 0) is 19.9 Å². The largest absolute Gasteiger partial charge is 0.323 e. The van der Waals surface area contributed by atoms with Gasteiger partial charge in [-0.1, -0.05) is 37.6 Å². The predicted octanol–water partition coefficient (Wildman–Crippen LogP) is 2.51. The first kappa shape index (κ1) is 18.4. The highest BCUT2D eigenvalue weighted by Gasteiger charge is 2.71. The van der Waals surface area contributed by atoms with Gasteiger partial charge in [-0.15, -0.1) is 0 Å². The van der Waals surface area contributed by atoms with Crippen molar-refractivity contribution >= 4 is 35.0 Å². The van der Waals surface area contributed by atoms with Crippen molar-refractivity contribution in [1.29, 1.82) is 0 Å². The molecule has 0 bridgehead atoms. The van der Waals surface area contributed by atoms with Gasteiger partial charge in [0.05, 0.1) is 22.5 Å². The Hall–Kier alpha value is -1.92. The van der Waals surface area contributed by atoms with Crippen molar-refractivity contribution < 1.29 is 14.4 Å². The normalized spacial score (nSPS) is 32.5. The number of carbonyl (C=O) groups excluding carboxylic acids is 3. The number of hydrogen-bond acceptors (Lipinski definition) is 4. The van der Waals surface area contributed by atoms with Crippen LogP contribution in [0.2, 0.25) is 5.02 Å². The summed E-state index contributed by atoms with van der Waals surface area (Å²) in [4.78, 5) is 41.3. The zero-order valence-corrected chi connectivity index (χ0v) is 16.8. The van der Waals surface area contributed by atoms with Crippen LogP contribution < -0.4 is 10.6 Å². The number of carbonyl (C=O) groups is 3. The summed E-state index contributed by atoms with van der Waals surface area (Å²) in [6.45, 7) is 9.52. The van der Waals surface area contributed by atoms with Crippen LogP contribution in [0.4, 0.5) is 5.69 Å². The molecule has 7 heteroatoms. The van der Waals surface area contributed by atoms with Gasteiger partial charge in [0.1, 0.15) is 5.54 Å². The average molecular weight is 390 g/mol. The van der Waals surface area contributed by atoms with Crippen LogP contribution in [0.3, 0.4) is 0 Å². The second kappa shape index (κ2) is 5.55. The number of anilines is 1. The zero-order chi connectivity index (χ0) is 19.9. The standard InChI is InChI=1S/C20H24ClN3O3/c1-9(2)14-12-13(17(26)24(16(12)25)19(3,4)5)20(23-14)10-7-6-8-11(21)15(10)22-18(20)27/h6-9,12-14,23H,1-5H3,(H,22,27)/t12-,13-,14+,20+/m0/s1. The van der Waals surface area contributed by atoms with E-state index in [1.807, 2.05) is 40.7 Å². The molecule has 2 saturated heterocycles. The number of nitrogens with one attached hydrogen (secondary N) is 2. The molecule has 144 valence electrons. The molecule has 1 spiro atoms. The number of rotatable bonds is 1. The van der Waals surface area contributed by atoms with Gasteiger partial charge in [0, 0.05) is 17.1 Å². The Morgan fingerprint density at radius 3 is 2.41 bits per heavy atom. The number of hydrogen-bond donors (Lipinski definition) is 2. The van der Waals surface area contributed by atoms with Crippen molar-refractivity contribution in [3.05, 3.63) is 28.8 Å². The summed E-state index contributed by atoms with van der Waals surface area (Å²) in [6, 6.07) is 5.00. The summed E-state index contributed by atoms with van der Waals surface area (Å²) in [7, 11) is 0. The minimum absolute atomic E-state index is 0.0737. The molecule has 0 aliphatic carbocycles. The molecule has 0 saturated carbocycles. The van der Waals surface area contributed by atoms with Crippen molar-refractivity contribution in [2.24, 2.45) is 17.8 Å². The molecule has 4 atom stereocenters. The summed E-state index contributed by atoms with van der Waals surface area (Å²) in [6.07, 6.45) is 0. The molecule has 0 unspecified atom stereocenters. The smallest absolute Gasteiger partial charge is 0.250 e. The molecule has 0 aromatic heterocycles. The van der Waals surface area contributed by atoms with E-state index in [0.29, 0.717) is 16.3 Å². The number of nitrogens with zero attached hydrogens (tertiary/aromatic N) is 1. The molecule has 3 heterocycles. The Morgan fingerprint density at radius 1 is 1.15 bits per heavy atom. The molecule has 1 aromatic carbocycles. The highest BCUT2D eigenvalue weighted by Crippen LogP contribution is 2.55. The third kappa shape index (κ3) is 2.20. The van der Waals surface area contributed by atoms with Crippen LogP contribution in [0.15, 0.2) is 18.2 Å². The van der Waals surface area contributed by atoms with Gasteiger partial charge < -0.3 is 5.32 Å². The van der Waals surface area contributed by atoms with Gasteiger partial charge >= 0.3 is 0 Å². The van der Waals surface area contributed by atoms with Crippen LogP contribution in [0.5, 0.6) is 0 Å². The van der Waals surface area contributed by atoms with E-state index in [4.69, 9.17) is 11.6 Å². The Morgan fingerprint density at radius 2 is 1.81 bits per heavy atom. The topological polar surface area (TPSA) is 78.5 Å². The highest BCUT2D eigenvalue weighted by molar-refractivity contribution is 6.35. The second-order valence-corrected chi connectivity index (χ2v) is 9.43. The Kier molecular flexibility index (Phi) is 3.79. The number of imide groups is 1. The van der Waals surface area contributed by atoms with Gasteiger partial charge in [0.25, 0.3) is 0 Å². The molecule has 3 aliphatic rings. The lowest BCUT2D eigenvalue weighted by Gasteiger charge is -2.35. The number of benzene rings is 1. The molecule has 6 nitrogen and oxygen atoms in total. The zero-order valence-electron chi connectivity index (χ0n) is 16.1. The quantitative estimate of drug-likeness (QED) is 0.723. The monoisotopic (exact) mass is 389 g/mol. The van der Waals surface area contributed by atoms with Crippen molar-refractivity contribution in [2.75, 3.05) is 5.32 Å². The molecule has 2 N–H and O–H groups in total. The lowest BCUT2D eigenvalue weighted by molar-refractivity contribution is -0.148. The molecule has 2 fully saturated rings. The third-order valence-corrected chi connectivity index (χ3v) is 6.34. The van der Waals surface area contributed by atoms with Crippen LogP contribution in [-0.4, -0.2) is 34.2 Å². The number of para-hydroxylation sites is 1. The minimum Gasteiger partial charge on any atom is -0.323 e. The van der Waals surface area contributed by atoms with E-state index < -0.39 is 22.9 Å². The number of likely N-dealkylation sites (tertiary alicyclic amines) is 1. The predicted molar refractivity (Wildman–Crippen MR) is 102 cm³/mol. The van der Waals surface area contributed by atoms with E-state index in [9.17, 15) is 14.4 Å². The third-order valence-electron chi connectivity index (χ3n) is 6.02. The van der Waals surface area contributed by atoms with Crippen molar-refractivity contribution in [3.8, 4) is 0 Å². The maximum absolute atomic E-state index is 13.5. The molecule has 4 rings (SSSR count). The van der Waals surface area contributed by atoms with Gasteiger partial charge in [0.2, 0.25) is 17.7 Å². The maximum atomic E-state index is 13.5. The molecule has 27 heavy (non-hydrogen) atoms. The van der Waals surface area contributed by atoms with Gasteiger partial charge in [-0.25, -0.2) is 0 Å². The lowest BCUT2D eigenvalue weighted by atomic mass is 9.76. The summed E-state index contributed by atoms with van der Waals surface area (Å²) in [5.74, 6) is -2.10. The highest BCUT2D eigenvalue weighted by atomic mass is 35.5. The molecule has 3 aliphatic heterocycles. The number of fused-ring (bicyclic) bond motifs is 4. The maximum Gasteiger partial charge on any atom is 0.250 e. The summed E-state index contributed by atoms with van der Waals surface area (Å²) in [5.41, 5.74) is -0.746. The Balaban J connectivity index is 1.95. The molecular weight excluding hydrogens is 366 g/mol.